The van der Waals surface area contributed by atoms with Crippen molar-refractivity contribution in [2.24, 2.45) is 5.92 Å². The summed E-state index contributed by atoms with van der Waals surface area (Å²) < 4.78 is 19.3. The molecule has 30 heavy (non-hydrogen) atoms. The summed E-state index contributed by atoms with van der Waals surface area (Å²) in [7, 11) is 0. The van der Waals surface area contributed by atoms with E-state index >= 15 is 0 Å². The largest absolute Gasteiger partial charge is 0.339 e. The number of urea groups is 1. The molecule has 6 nitrogen and oxygen atoms in total. The zero-order valence-corrected chi connectivity index (χ0v) is 16.8. The van der Waals surface area contributed by atoms with Crippen LogP contribution in [0.15, 0.2) is 59.1 Å². The Labute approximate surface area is 175 Å². The van der Waals surface area contributed by atoms with E-state index in [4.69, 9.17) is 4.52 Å². The van der Waals surface area contributed by atoms with E-state index in [-0.39, 0.29) is 23.6 Å². The highest BCUT2D eigenvalue weighted by molar-refractivity contribution is 5.74. The number of amides is 2. The van der Waals surface area contributed by atoms with Crippen LogP contribution in [0, 0.1) is 11.7 Å². The highest BCUT2D eigenvalue weighted by Gasteiger charge is 2.25. The number of nitrogens with one attached hydrogen (secondary N) is 1. The monoisotopic (exact) mass is 408 g/mol. The summed E-state index contributed by atoms with van der Waals surface area (Å²) in [5.41, 5.74) is 1.53. The zero-order chi connectivity index (χ0) is 20.8. The molecule has 156 valence electrons. The molecule has 1 aliphatic heterocycles. The number of nitrogens with zero attached hydrogens (tertiary/aromatic N) is 3. The lowest BCUT2D eigenvalue weighted by molar-refractivity contribution is 0.162. The number of carbonyl (C=O) groups excluding carboxylic acids is 1. The summed E-state index contributed by atoms with van der Waals surface area (Å²) in [4.78, 5) is 18.7. The first-order chi connectivity index (χ1) is 14.7. The van der Waals surface area contributed by atoms with E-state index in [1.807, 2.05) is 23.1 Å². The number of aromatic nitrogens is 2. The summed E-state index contributed by atoms with van der Waals surface area (Å²) >= 11 is 0. The SMILES string of the molecule is O=C(NCCc1ccccc1)N1CCCC(Cc2nc(-c3ccccc3F)no2)C1. The van der Waals surface area contributed by atoms with Crippen molar-refractivity contribution < 1.29 is 13.7 Å². The van der Waals surface area contributed by atoms with Crippen molar-refractivity contribution in [3.8, 4) is 11.4 Å². The van der Waals surface area contributed by atoms with Crippen molar-refractivity contribution in [2.75, 3.05) is 19.6 Å². The molecule has 0 aliphatic carbocycles. The predicted octanol–water partition coefficient (Wildman–Crippen LogP) is 4.08. The first kappa shape index (κ1) is 20.1. The number of benzene rings is 2. The molecule has 1 aliphatic rings. The fourth-order valence-electron chi connectivity index (χ4n) is 3.82. The van der Waals surface area contributed by atoms with Gasteiger partial charge in [-0.25, -0.2) is 9.18 Å². The molecular formula is C23H25FN4O2. The molecule has 7 heteroatoms. The van der Waals surface area contributed by atoms with E-state index < -0.39 is 0 Å². The number of carbonyl (C=O) groups is 1. The van der Waals surface area contributed by atoms with Crippen molar-refractivity contribution in [3.63, 3.8) is 0 Å². The highest BCUT2D eigenvalue weighted by atomic mass is 19.1. The van der Waals surface area contributed by atoms with Crippen molar-refractivity contribution in [2.45, 2.75) is 25.7 Å². The molecule has 0 spiro atoms. The smallest absolute Gasteiger partial charge is 0.317 e. The maximum atomic E-state index is 13.9. The van der Waals surface area contributed by atoms with Gasteiger partial charge < -0.3 is 14.7 Å². The zero-order valence-electron chi connectivity index (χ0n) is 16.8. The van der Waals surface area contributed by atoms with Gasteiger partial charge in [0.05, 0.1) is 5.56 Å². The Morgan fingerprint density at radius 2 is 1.97 bits per heavy atom. The van der Waals surface area contributed by atoms with Gasteiger partial charge >= 0.3 is 6.03 Å². The number of likely N-dealkylation sites (tertiary alicyclic amines) is 1. The van der Waals surface area contributed by atoms with Crippen LogP contribution in [0.25, 0.3) is 11.4 Å². The third kappa shape index (κ3) is 5.03. The lowest BCUT2D eigenvalue weighted by Gasteiger charge is -2.32. The molecule has 0 saturated carbocycles. The summed E-state index contributed by atoms with van der Waals surface area (Å²) in [6, 6.07) is 16.4. The Kier molecular flexibility index (Phi) is 6.37. The second kappa shape index (κ2) is 9.52. The minimum atomic E-state index is -0.374. The van der Waals surface area contributed by atoms with Crippen LogP contribution in [-0.4, -0.2) is 40.7 Å². The van der Waals surface area contributed by atoms with E-state index in [1.54, 1.807) is 18.2 Å². The van der Waals surface area contributed by atoms with Crippen LogP contribution in [0.4, 0.5) is 9.18 Å². The number of halogens is 1. The average Bonchev–Trinajstić information content (AvgIpc) is 3.23. The molecule has 2 heterocycles. The van der Waals surface area contributed by atoms with Gasteiger partial charge in [0, 0.05) is 26.1 Å². The van der Waals surface area contributed by atoms with Gasteiger partial charge in [-0.15, -0.1) is 0 Å². The Hall–Kier alpha value is -3.22. The van der Waals surface area contributed by atoms with Crippen LogP contribution >= 0.6 is 0 Å². The molecular weight excluding hydrogens is 383 g/mol. The Bertz CT molecular complexity index is 976. The molecule has 1 N–H and O–H groups in total. The molecule has 1 aromatic heterocycles. The first-order valence-electron chi connectivity index (χ1n) is 10.3. The van der Waals surface area contributed by atoms with Gasteiger partial charge in [0.2, 0.25) is 11.7 Å². The fraction of sp³-hybridized carbons (Fsp3) is 0.348. The van der Waals surface area contributed by atoms with Gasteiger partial charge in [-0.3, -0.25) is 0 Å². The van der Waals surface area contributed by atoms with Gasteiger partial charge in [0.1, 0.15) is 5.82 Å². The van der Waals surface area contributed by atoms with Crippen molar-refractivity contribution in [1.29, 1.82) is 0 Å². The number of hydrogen-bond acceptors (Lipinski definition) is 4. The topological polar surface area (TPSA) is 71.3 Å². The molecule has 4 rings (SSSR count). The third-order valence-electron chi connectivity index (χ3n) is 5.39. The van der Waals surface area contributed by atoms with Gasteiger partial charge in [-0.1, -0.05) is 47.6 Å². The lowest BCUT2D eigenvalue weighted by Crippen LogP contribution is -2.46. The number of rotatable bonds is 6. The predicted molar refractivity (Wildman–Crippen MR) is 111 cm³/mol. The van der Waals surface area contributed by atoms with Crippen LogP contribution < -0.4 is 5.32 Å². The quantitative estimate of drug-likeness (QED) is 0.667. The average molecular weight is 408 g/mol. The van der Waals surface area contributed by atoms with Gasteiger partial charge in [-0.2, -0.15) is 4.98 Å². The summed E-state index contributed by atoms with van der Waals surface area (Å²) in [5, 5.41) is 6.93. The molecule has 3 aromatic rings. The molecule has 0 bridgehead atoms. The van der Waals surface area contributed by atoms with Gasteiger partial charge in [0.15, 0.2) is 0 Å². The second-order valence-electron chi connectivity index (χ2n) is 7.62. The van der Waals surface area contributed by atoms with Crippen molar-refractivity contribution in [1.82, 2.24) is 20.4 Å². The third-order valence-corrected chi connectivity index (χ3v) is 5.39. The van der Waals surface area contributed by atoms with E-state index in [0.29, 0.717) is 31.0 Å². The number of piperidine rings is 1. The van der Waals surface area contributed by atoms with Gasteiger partial charge in [0.25, 0.3) is 0 Å². The maximum absolute atomic E-state index is 13.9. The minimum absolute atomic E-state index is 0.0341. The molecule has 2 amide bonds. The van der Waals surface area contributed by atoms with E-state index in [9.17, 15) is 9.18 Å². The Morgan fingerprint density at radius 3 is 2.80 bits per heavy atom. The molecule has 1 fully saturated rings. The van der Waals surface area contributed by atoms with E-state index in [2.05, 4.69) is 27.6 Å². The molecule has 0 radical (unpaired) electrons. The van der Waals surface area contributed by atoms with Crippen LogP contribution in [-0.2, 0) is 12.8 Å². The van der Waals surface area contributed by atoms with Crippen LogP contribution in [0.3, 0.4) is 0 Å². The normalized spacial score (nSPS) is 16.4. The van der Waals surface area contributed by atoms with Crippen molar-refractivity contribution in [3.05, 3.63) is 71.9 Å². The first-order valence-corrected chi connectivity index (χ1v) is 10.3. The summed E-state index contributed by atoms with van der Waals surface area (Å²) in [6.07, 6.45) is 3.32. The lowest BCUT2D eigenvalue weighted by atomic mass is 9.95. The van der Waals surface area contributed by atoms with E-state index in [0.717, 1.165) is 25.8 Å². The van der Waals surface area contributed by atoms with Crippen LogP contribution in [0.2, 0.25) is 0 Å². The fourth-order valence-corrected chi connectivity index (χ4v) is 3.82. The summed E-state index contributed by atoms with van der Waals surface area (Å²) in [6.45, 7) is 2.01. The van der Waals surface area contributed by atoms with E-state index in [1.165, 1.54) is 11.6 Å². The second-order valence-corrected chi connectivity index (χ2v) is 7.62. The molecule has 1 saturated heterocycles. The molecule has 2 aromatic carbocycles. The highest BCUT2D eigenvalue weighted by Crippen LogP contribution is 2.23. The van der Waals surface area contributed by atoms with Gasteiger partial charge in [-0.05, 0) is 42.9 Å². The Balaban J connectivity index is 1.29. The standard InChI is InChI=1S/C23H25FN4O2/c24-20-11-5-4-10-19(20)22-26-21(30-27-22)15-18-9-6-14-28(16-18)23(29)25-13-12-17-7-2-1-3-8-17/h1-5,7-8,10-11,18H,6,9,12-16H2,(H,25,29). The Morgan fingerprint density at radius 1 is 1.17 bits per heavy atom. The van der Waals surface area contributed by atoms with Crippen LogP contribution in [0.5, 0.6) is 0 Å². The maximum Gasteiger partial charge on any atom is 0.317 e. The number of hydrogen-bond donors (Lipinski definition) is 1. The minimum Gasteiger partial charge on any atom is -0.339 e. The van der Waals surface area contributed by atoms with Crippen LogP contribution in [0.1, 0.15) is 24.3 Å². The molecule has 1 unspecified atom stereocenters. The van der Waals surface area contributed by atoms with Crippen molar-refractivity contribution >= 4 is 6.03 Å². The molecule has 1 atom stereocenters. The summed E-state index contributed by atoms with van der Waals surface area (Å²) in [5.74, 6) is 0.604.